The molecule has 0 saturated carbocycles. The van der Waals surface area contributed by atoms with Gasteiger partial charge >= 0.3 is 5.97 Å². The zero-order valence-corrected chi connectivity index (χ0v) is 16.2. The number of methoxy groups -OCH3 is 1. The van der Waals surface area contributed by atoms with Gasteiger partial charge in [-0.3, -0.25) is 19.3 Å². The lowest BCUT2D eigenvalue weighted by Gasteiger charge is -2.14. The summed E-state index contributed by atoms with van der Waals surface area (Å²) < 4.78 is 10.0. The van der Waals surface area contributed by atoms with Crippen molar-refractivity contribution < 1.29 is 28.7 Å². The second-order valence-electron chi connectivity index (χ2n) is 6.15. The van der Waals surface area contributed by atoms with E-state index in [1.807, 2.05) is 0 Å². The summed E-state index contributed by atoms with van der Waals surface area (Å²) in [5, 5.41) is 2.88. The van der Waals surface area contributed by atoms with Gasteiger partial charge in [-0.15, -0.1) is 0 Å². The van der Waals surface area contributed by atoms with Crippen molar-refractivity contribution in [2.75, 3.05) is 23.9 Å². The number of rotatable bonds is 6. The fraction of sp³-hybridized carbons (Fsp3) is 0.200. The summed E-state index contributed by atoms with van der Waals surface area (Å²) in [4.78, 5) is 49.0. The Hall–Kier alpha value is -3.39. The third-order valence-electron chi connectivity index (χ3n) is 4.16. The molecule has 0 bridgehead atoms. The average Bonchev–Trinajstić information content (AvgIpc) is 3.04. The van der Waals surface area contributed by atoms with Crippen LogP contribution >= 0.6 is 11.6 Å². The normalized spacial score (nSPS) is 13.4. The van der Waals surface area contributed by atoms with Gasteiger partial charge in [0.1, 0.15) is 5.75 Å². The molecule has 0 aliphatic carbocycles. The molecule has 1 aliphatic heterocycles. The highest BCUT2D eigenvalue weighted by atomic mass is 35.5. The van der Waals surface area contributed by atoms with Gasteiger partial charge in [-0.25, -0.2) is 4.79 Å². The first-order valence-corrected chi connectivity index (χ1v) is 9.03. The number of benzene rings is 2. The van der Waals surface area contributed by atoms with Crippen LogP contribution in [0.25, 0.3) is 0 Å². The van der Waals surface area contributed by atoms with E-state index in [2.05, 4.69) is 5.32 Å². The third kappa shape index (κ3) is 4.72. The molecule has 0 atom stereocenters. The summed E-state index contributed by atoms with van der Waals surface area (Å²) in [7, 11) is 1.48. The highest BCUT2D eigenvalue weighted by molar-refractivity contribution is 6.32. The maximum Gasteiger partial charge on any atom is 0.338 e. The van der Waals surface area contributed by atoms with E-state index in [9.17, 15) is 19.2 Å². The SMILES string of the molecule is COc1ccc(NC(=O)COC(=O)c2cccc(N3C(=O)CCC3=O)c2)cc1Cl. The highest BCUT2D eigenvalue weighted by Gasteiger charge is 2.30. The number of esters is 1. The van der Waals surface area contributed by atoms with Crippen LogP contribution in [0.5, 0.6) is 5.75 Å². The number of hydrogen-bond donors (Lipinski definition) is 1. The molecule has 29 heavy (non-hydrogen) atoms. The first-order valence-electron chi connectivity index (χ1n) is 8.65. The number of amides is 3. The standard InChI is InChI=1S/C20H17ClN2O6/c1-28-16-6-5-13(10-15(16)21)22-17(24)11-29-20(27)12-3-2-4-14(9-12)23-18(25)7-8-19(23)26/h2-6,9-10H,7-8,11H2,1H3,(H,22,24). The Balaban J connectivity index is 1.60. The lowest BCUT2D eigenvalue weighted by molar-refractivity contribution is -0.121. The second-order valence-corrected chi connectivity index (χ2v) is 6.55. The van der Waals surface area contributed by atoms with Crippen LogP contribution in [-0.4, -0.2) is 37.4 Å². The molecule has 8 nitrogen and oxygen atoms in total. The number of anilines is 2. The lowest BCUT2D eigenvalue weighted by atomic mass is 10.2. The number of halogens is 1. The van der Waals surface area contributed by atoms with E-state index >= 15 is 0 Å². The number of hydrogen-bond acceptors (Lipinski definition) is 6. The first kappa shape index (κ1) is 20.3. The van der Waals surface area contributed by atoms with Crippen LogP contribution in [0.3, 0.4) is 0 Å². The number of nitrogens with zero attached hydrogens (tertiary/aromatic N) is 1. The van der Waals surface area contributed by atoms with E-state index in [1.54, 1.807) is 18.2 Å². The van der Waals surface area contributed by atoms with E-state index in [0.717, 1.165) is 4.90 Å². The van der Waals surface area contributed by atoms with Crippen LogP contribution in [0, 0.1) is 0 Å². The molecule has 1 saturated heterocycles. The zero-order chi connectivity index (χ0) is 21.0. The summed E-state index contributed by atoms with van der Waals surface area (Å²) in [6.07, 6.45) is 0.284. The quantitative estimate of drug-likeness (QED) is 0.574. The molecule has 1 fully saturated rings. The summed E-state index contributed by atoms with van der Waals surface area (Å²) in [6.45, 7) is -0.520. The molecule has 0 unspecified atom stereocenters. The predicted molar refractivity (Wildman–Crippen MR) is 105 cm³/mol. The monoisotopic (exact) mass is 416 g/mol. The van der Waals surface area contributed by atoms with Gasteiger partial charge < -0.3 is 14.8 Å². The van der Waals surface area contributed by atoms with Crippen molar-refractivity contribution in [2.24, 2.45) is 0 Å². The Labute approximate surface area is 171 Å². The molecule has 1 N–H and O–H groups in total. The summed E-state index contributed by atoms with van der Waals surface area (Å²) in [6, 6.07) is 10.6. The van der Waals surface area contributed by atoms with Gasteiger partial charge in [0.05, 0.1) is 23.4 Å². The van der Waals surface area contributed by atoms with E-state index in [0.29, 0.717) is 22.1 Å². The van der Waals surface area contributed by atoms with Gasteiger partial charge in [-0.2, -0.15) is 0 Å². The molecule has 2 aromatic carbocycles. The van der Waals surface area contributed by atoms with E-state index in [1.165, 1.54) is 31.4 Å². The largest absolute Gasteiger partial charge is 0.495 e. The van der Waals surface area contributed by atoms with Gasteiger partial charge in [0, 0.05) is 18.5 Å². The van der Waals surface area contributed by atoms with E-state index in [4.69, 9.17) is 21.1 Å². The van der Waals surface area contributed by atoms with Crippen molar-refractivity contribution in [2.45, 2.75) is 12.8 Å². The fourth-order valence-corrected chi connectivity index (χ4v) is 3.05. The molecule has 1 heterocycles. The van der Waals surface area contributed by atoms with Gasteiger partial charge in [0.25, 0.3) is 5.91 Å². The first-order chi connectivity index (χ1) is 13.9. The van der Waals surface area contributed by atoms with E-state index < -0.39 is 18.5 Å². The molecule has 0 aromatic heterocycles. The van der Waals surface area contributed by atoms with Crippen LogP contribution in [-0.2, 0) is 19.1 Å². The lowest BCUT2D eigenvalue weighted by Crippen LogP contribution is -2.28. The molecule has 9 heteroatoms. The van der Waals surface area contributed by atoms with Gasteiger partial charge in [0.15, 0.2) is 6.61 Å². The summed E-state index contributed by atoms with van der Waals surface area (Å²) in [5.74, 6) is -1.49. The maximum absolute atomic E-state index is 12.2. The molecule has 0 radical (unpaired) electrons. The highest BCUT2D eigenvalue weighted by Crippen LogP contribution is 2.27. The van der Waals surface area contributed by atoms with Gasteiger partial charge in [-0.05, 0) is 36.4 Å². The van der Waals surface area contributed by atoms with Crippen LogP contribution in [0.1, 0.15) is 23.2 Å². The molecule has 150 valence electrons. The number of carbonyl (C=O) groups excluding carboxylic acids is 4. The Morgan fingerprint density at radius 2 is 1.83 bits per heavy atom. The van der Waals surface area contributed by atoms with Crippen LogP contribution < -0.4 is 15.0 Å². The van der Waals surface area contributed by atoms with Crippen molar-refractivity contribution in [3.05, 3.63) is 53.1 Å². The van der Waals surface area contributed by atoms with Gasteiger partial charge in [-0.1, -0.05) is 17.7 Å². The molecule has 2 aromatic rings. The molecular formula is C20H17ClN2O6. The zero-order valence-electron chi connectivity index (χ0n) is 15.4. The molecule has 1 aliphatic rings. The van der Waals surface area contributed by atoms with E-state index in [-0.39, 0.29) is 30.2 Å². The minimum atomic E-state index is -0.756. The van der Waals surface area contributed by atoms with Crippen molar-refractivity contribution in [1.29, 1.82) is 0 Å². The van der Waals surface area contributed by atoms with Crippen molar-refractivity contribution in [3.63, 3.8) is 0 Å². The van der Waals surface area contributed by atoms with Crippen molar-refractivity contribution in [3.8, 4) is 5.75 Å². The van der Waals surface area contributed by atoms with Gasteiger partial charge in [0.2, 0.25) is 11.8 Å². The van der Waals surface area contributed by atoms with Crippen LogP contribution in [0.15, 0.2) is 42.5 Å². The minimum Gasteiger partial charge on any atom is -0.495 e. The number of ether oxygens (including phenoxy) is 2. The average molecular weight is 417 g/mol. The molecule has 3 amide bonds. The Morgan fingerprint density at radius 3 is 2.48 bits per heavy atom. The number of imide groups is 1. The molecule has 3 rings (SSSR count). The predicted octanol–water partition coefficient (Wildman–Crippen LogP) is 2.80. The molecule has 0 spiro atoms. The van der Waals surface area contributed by atoms with Crippen molar-refractivity contribution >= 4 is 46.7 Å². The Bertz CT molecular complexity index is 975. The second kappa shape index (κ2) is 8.74. The topological polar surface area (TPSA) is 102 Å². The van der Waals surface area contributed by atoms with Crippen LogP contribution in [0.2, 0.25) is 5.02 Å². The van der Waals surface area contributed by atoms with Crippen molar-refractivity contribution in [1.82, 2.24) is 0 Å². The smallest absolute Gasteiger partial charge is 0.338 e. The third-order valence-corrected chi connectivity index (χ3v) is 4.46. The van der Waals surface area contributed by atoms with Crippen LogP contribution in [0.4, 0.5) is 11.4 Å². The Morgan fingerprint density at radius 1 is 1.10 bits per heavy atom. The fourth-order valence-electron chi connectivity index (χ4n) is 2.79. The minimum absolute atomic E-state index is 0.121. The maximum atomic E-state index is 12.2. The Kier molecular flexibility index (Phi) is 6.13. The molecular weight excluding hydrogens is 400 g/mol. The summed E-state index contributed by atoms with van der Waals surface area (Å²) in [5.41, 5.74) is 0.837. The number of nitrogens with one attached hydrogen (secondary N) is 1. The number of carbonyl (C=O) groups is 4. The summed E-state index contributed by atoms with van der Waals surface area (Å²) >= 11 is 6.00.